The Morgan fingerprint density at radius 2 is 1.02 bits per heavy atom. The highest BCUT2D eigenvalue weighted by Crippen LogP contribution is 2.31. The predicted octanol–water partition coefficient (Wildman–Crippen LogP) is 7.87. The second kappa shape index (κ2) is 23.5. The molecule has 12 heteroatoms. The van der Waals surface area contributed by atoms with E-state index in [9.17, 15) is 14.4 Å². The van der Waals surface area contributed by atoms with Gasteiger partial charge in [-0.05, 0) is 55.0 Å². The molecule has 0 aliphatic carbocycles. The van der Waals surface area contributed by atoms with Crippen LogP contribution < -0.4 is 10.6 Å². The number of ether oxygens (including phenoxy) is 7. The molecule has 0 radical (unpaired) electrons. The van der Waals surface area contributed by atoms with Gasteiger partial charge in [-0.15, -0.1) is 0 Å². The molecule has 7 atom stereocenters. The van der Waals surface area contributed by atoms with E-state index in [-0.39, 0.29) is 32.8 Å². The molecular formula is C51H58N2O10. The largest absolute Gasteiger partial charge is 0.450 e. The summed E-state index contributed by atoms with van der Waals surface area (Å²) in [6, 6.07) is 47.1. The summed E-state index contributed by atoms with van der Waals surface area (Å²) in [7, 11) is 0. The van der Waals surface area contributed by atoms with E-state index >= 15 is 0 Å². The maximum Gasteiger partial charge on any atom is 0.408 e. The summed E-state index contributed by atoms with van der Waals surface area (Å²) < 4.78 is 44.8. The lowest BCUT2D eigenvalue weighted by Crippen LogP contribution is -2.67. The van der Waals surface area contributed by atoms with E-state index in [1.165, 1.54) is 6.92 Å². The molecule has 63 heavy (non-hydrogen) atoms. The van der Waals surface area contributed by atoms with E-state index < -0.39 is 66.4 Å². The van der Waals surface area contributed by atoms with Crippen molar-refractivity contribution in [2.45, 2.75) is 109 Å². The first-order valence-corrected chi connectivity index (χ1v) is 21.3. The summed E-state index contributed by atoms with van der Waals surface area (Å²) in [5.74, 6) is -1.47. The monoisotopic (exact) mass is 858 g/mol. The highest BCUT2D eigenvalue weighted by molar-refractivity contribution is 5.85. The zero-order valence-electron chi connectivity index (χ0n) is 36.3. The normalized spacial score (nSPS) is 19.6. The Kier molecular flexibility index (Phi) is 17.4. The van der Waals surface area contributed by atoms with Gasteiger partial charge in [0.1, 0.15) is 30.0 Å². The summed E-state index contributed by atoms with van der Waals surface area (Å²) >= 11 is 0. The molecule has 0 bridgehead atoms. The predicted molar refractivity (Wildman–Crippen MR) is 237 cm³/mol. The minimum atomic E-state index is -1.53. The molecule has 1 fully saturated rings. The van der Waals surface area contributed by atoms with Gasteiger partial charge in [0.2, 0.25) is 6.10 Å². The lowest BCUT2D eigenvalue weighted by Gasteiger charge is -2.46. The Morgan fingerprint density at radius 3 is 1.48 bits per heavy atom. The smallest absolute Gasteiger partial charge is 0.408 e. The fraction of sp³-hybridized carbons (Fsp3) is 0.353. The van der Waals surface area contributed by atoms with Crippen LogP contribution in [0.5, 0.6) is 0 Å². The van der Waals surface area contributed by atoms with Crippen molar-refractivity contribution in [3.8, 4) is 0 Å². The number of nitrogens with one attached hydrogen (secondary N) is 2. The van der Waals surface area contributed by atoms with Crippen molar-refractivity contribution in [3.05, 3.63) is 179 Å². The second-order valence-electron chi connectivity index (χ2n) is 16.4. The molecule has 1 aliphatic rings. The Labute approximate surface area is 370 Å². The first-order chi connectivity index (χ1) is 30.5. The van der Waals surface area contributed by atoms with E-state index in [0.29, 0.717) is 6.61 Å². The number of esters is 1. The van der Waals surface area contributed by atoms with Crippen LogP contribution in [0.4, 0.5) is 4.79 Å². The highest BCUT2D eigenvalue weighted by atomic mass is 16.6. The highest BCUT2D eigenvalue weighted by Gasteiger charge is 2.50. The first kappa shape index (κ1) is 46.6. The third kappa shape index (κ3) is 15.2. The van der Waals surface area contributed by atoms with Gasteiger partial charge in [-0.3, -0.25) is 9.59 Å². The van der Waals surface area contributed by atoms with E-state index in [4.69, 9.17) is 33.2 Å². The van der Waals surface area contributed by atoms with Crippen LogP contribution in [0.25, 0.3) is 0 Å². The van der Waals surface area contributed by atoms with Crippen LogP contribution in [0, 0.1) is 0 Å². The van der Waals surface area contributed by atoms with Gasteiger partial charge in [0.05, 0.1) is 39.1 Å². The van der Waals surface area contributed by atoms with Gasteiger partial charge in [-0.1, -0.05) is 152 Å². The molecule has 6 rings (SSSR count). The third-order valence-electron chi connectivity index (χ3n) is 10.1. The Morgan fingerprint density at radius 1 is 0.587 bits per heavy atom. The summed E-state index contributed by atoms with van der Waals surface area (Å²) in [5.41, 5.74) is 3.63. The standard InChI is InChI=1S/C51H58N2O10/c1-36(54)61-44(42(30-37-20-10-5-11-21-37)52-50(56)63-51(2,3)4)48(55)53-49-47(60-34-41-28-18-9-19-29-41)46(59-33-40-26-16-8-17-27-40)45(58-32-39-24-14-7-15-25-39)43(62-49)35-57-31-38-22-12-6-13-23-38/h5-29,42-47,49H,30-35H2,1-4H3,(H,52,56)(H,53,55)/t42-,43+,44?,45+,46-,47+,49+/m0/s1. The molecule has 332 valence electrons. The van der Waals surface area contributed by atoms with Crippen molar-refractivity contribution in [2.75, 3.05) is 6.61 Å². The van der Waals surface area contributed by atoms with Crippen molar-refractivity contribution < 1.29 is 47.5 Å². The summed E-state index contributed by atoms with van der Waals surface area (Å²) in [4.78, 5) is 40.9. The quantitative estimate of drug-likeness (QED) is 0.0744. The number of hydrogen-bond acceptors (Lipinski definition) is 10. The number of carbonyl (C=O) groups excluding carboxylic acids is 3. The summed E-state index contributed by atoms with van der Waals surface area (Å²) in [6.45, 7) is 7.31. The van der Waals surface area contributed by atoms with Crippen molar-refractivity contribution in [1.82, 2.24) is 10.6 Å². The van der Waals surface area contributed by atoms with Crippen LogP contribution in [0.1, 0.15) is 55.5 Å². The SMILES string of the molecule is CC(=O)OC(C(=O)N[C@@H]1O[C@H](COCc2ccccc2)[C@@H](OCc2ccccc2)[C@H](OCc2ccccc2)[C@H]1OCc1ccccc1)[C@H](Cc1ccccc1)NC(=O)OC(C)(C)C. The number of benzene rings is 5. The van der Waals surface area contributed by atoms with Crippen LogP contribution in [-0.4, -0.2) is 73.0 Å². The molecule has 0 aromatic heterocycles. The molecule has 1 aliphatic heterocycles. The Hall–Kier alpha value is -5.89. The van der Waals surface area contributed by atoms with Crippen LogP contribution >= 0.6 is 0 Å². The molecule has 0 saturated carbocycles. The molecule has 12 nitrogen and oxygen atoms in total. The topological polar surface area (TPSA) is 140 Å². The average molecular weight is 859 g/mol. The number of alkyl carbamates (subject to hydrolysis) is 1. The zero-order valence-corrected chi connectivity index (χ0v) is 36.3. The molecule has 2 N–H and O–H groups in total. The molecule has 2 amide bonds. The minimum absolute atomic E-state index is 0.0571. The van der Waals surface area contributed by atoms with Gasteiger partial charge >= 0.3 is 12.1 Å². The average Bonchev–Trinajstić information content (AvgIpc) is 3.27. The van der Waals surface area contributed by atoms with Crippen LogP contribution in [0.3, 0.4) is 0 Å². The molecule has 1 heterocycles. The second-order valence-corrected chi connectivity index (χ2v) is 16.4. The van der Waals surface area contributed by atoms with Crippen LogP contribution in [0.15, 0.2) is 152 Å². The van der Waals surface area contributed by atoms with Crippen molar-refractivity contribution >= 4 is 18.0 Å². The summed E-state index contributed by atoms with van der Waals surface area (Å²) in [5, 5.41) is 5.82. The molecule has 5 aromatic carbocycles. The van der Waals surface area contributed by atoms with E-state index in [1.807, 2.05) is 152 Å². The van der Waals surface area contributed by atoms with Gasteiger partial charge < -0.3 is 43.8 Å². The minimum Gasteiger partial charge on any atom is -0.450 e. The Balaban J connectivity index is 1.37. The van der Waals surface area contributed by atoms with Crippen molar-refractivity contribution in [3.63, 3.8) is 0 Å². The number of hydrogen-bond donors (Lipinski definition) is 2. The van der Waals surface area contributed by atoms with Crippen molar-refractivity contribution in [2.24, 2.45) is 0 Å². The Bertz CT molecular complexity index is 2120. The summed E-state index contributed by atoms with van der Waals surface area (Å²) in [6.07, 6.45) is -6.76. The van der Waals surface area contributed by atoms with Crippen LogP contribution in [-0.2, 0) is 75.6 Å². The fourth-order valence-electron chi connectivity index (χ4n) is 7.19. The van der Waals surface area contributed by atoms with Gasteiger partial charge in [0.15, 0.2) is 6.23 Å². The van der Waals surface area contributed by atoms with Gasteiger partial charge in [-0.2, -0.15) is 0 Å². The molecular weight excluding hydrogens is 801 g/mol. The first-order valence-electron chi connectivity index (χ1n) is 21.3. The van der Waals surface area contributed by atoms with Gasteiger partial charge in [0.25, 0.3) is 5.91 Å². The van der Waals surface area contributed by atoms with E-state index in [2.05, 4.69) is 10.6 Å². The fourth-order valence-corrected chi connectivity index (χ4v) is 7.19. The molecule has 1 unspecified atom stereocenters. The number of carbonyl (C=O) groups is 3. The number of amides is 2. The number of rotatable bonds is 20. The van der Waals surface area contributed by atoms with Gasteiger partial charge in [0, 0.05) is 6.92 Å². The van der Waals surface area contributed by atoms with Gasteiger partial charge in [-0.25, -0.2) is 4.79 Å². The molecule has 1 saturated heterocycles. The lowest BCUT2D eigenvalue weighted by molar-refractivity contribution is -0.277. The third-order valence-corrected chi connectivity index (χ3v) is 10.1. The van der Waals surface area contributed by atoms with E-state index in [1.54, 1.807) is 20.8 Å². The molecule has 5 aromatic rings. The molecule has 0 spiro atoms. The van der Waals surface area contributed by atoms with Crippen molar-refractivity contribution in [1.29, 1.82) is 0 Å². The van der Waals surface area contributed by atoms with E-state index in [0.717, 1.165) is 27.8 Å². The zero-order chi connectivity index (χ0) is 44.4. The maximum absolute atomic E-state index is 14.8. The maximum atomic E-state index is 14.8. The van der Waals surface area contributed by atoms with Crippen LogP contribution in [0.2, 0.25) is 0 Å². The lowest BCUT2D eigenvalue weighted by atomic mass is 9.96.